The Morgan fingerprint density at radius 3 is 2.31 bits per heavy atom. The number of rotatable bonds is 9. The number of benzene rings is 2. The maximum absolute atomic E-state index is 13.0. The minimum absolute atomic E-state index is 0.00892. The Morgan fingerprint density at radius 2 is 1.62 bits per heavy atom. The monoisotopic (exact) mass is 375 g/mol. The predicted molar refractivity (Wildman–Crippen MR) is 104 cm³/mol. The molecule has 0 aliphatic carbocycles. The van der Waals surface area contributed by atoms with E-state index in [0.29, 0.717) is 18.8 Å². The molecule has 0 bridgehead atoms. The highest BCUT2D eigenvalue weighted by molar-refractivity contribution is 7.92. The highest BCUT2D eigenvalue weighted by Crippen LogP contribution is 2.24. The van der Waals surface area contributed by atoms with Crippen molar-refractivity contribution in [3.05, 3.63) is 60.2 Å². The minimum Gasteiger partial charge on any atom is -0.351 e. The van der Waals surface area contributed by atoms with Gasteiger partial charge in [0, 0.05) is 20.1 Å². The number of nitrogens with zero attached hydrogens (tertiary/aromatic N) is 1. The van der Waals surface area contributed by atoms with Crippen LogP contribution >= 0.6 is 0 Å². The lowest BCUT2D eigenvalue weighted by Crippen LogP contribution is -2.34. The third-order valence-electron chi connectivity index (χ3n) is 3.90. The molecule has 26 heavy (non-hydrogen) atoms. The number of hydrogen-bond donors (Lipinski definition) is 2. The summed E-state index contributed by atoms with van der Waals surface area (Å²) < 4.78 is 27.2. The summed E-state index contributed by atoms with van der Waals surface area (Å²) in [6.07, 6.45) is 1.01. The highest BCUT2D eigenvalue weighted by atomic mass is 32.2. The van der Waals surface area contributed by atoms with Gasteiger partial charge in [0.15, 0.2) is 0 Å². The number of carbonyl (C=O) groups excluding carboxylic acids is 1. The fraction of sp³-hybridized carbons (Fsp3) is 0.316. The zero-order valence-electron chi connectivity index (χ0n) is 15.1. The molecule has 0 aliphatic rings. The number of para-hydroxylation sites is 1. The minimum atomic E-state index is -3.85. The van der Waals surface area contributed by atoms with Crippen molar-refractivity contribution >= 4 is 21.6 Å². The van der Waals surface area contributed by atoms with Crippen LogP contribution in [0.3, 0.4) is 0 Å². The maximum atomic E-state index is 13.0. The highest BCUT2D eigenvalue weighted by Gasteiger charge is 2.26. The standard InChI is InChI=1S/C19H25N3O3S/c1-3-13-20-14-15-21-19(23)17-11-7-8-12-18(17)26(24,25)22(2)16-9-5-4-6-10-16/h4-12,20H,3,13-15H2,1-2H3,(H,21,23). The van der Waals surface area contributed by atoms with E-state index in [1.807, 2.05) is 6.07 Å². The van der Waals surface area contributed by atoms with E-state index in [2.05, 4.69) is 17.6 Å². The Morgan fingerprint density at radius 1 is 0.962 bits per heavy atom. The van der Waals surface area contributed by atoms with Gasteiger partial charge in [0.1, 0.15) is 4.90 Å². The fourth-order valence-corrected chi connectivity index (χ4v) is 3.85. The van der Waals surface area contributed by atoms with E-state index >= 15 is 0 Å². The summed E-state index contributed by atoms with van der Waals surface area (Å²) >= 11 is 0. The van der Waals surface area contributed by atoms with Crippen LogP contribution in [0.5, 0.6) is 0 Å². The molecule has 0 unspecified atom stereocenters. The van der Waals surface area contributed by atoms with Crippen LogP contribution in [0.15, 0.2) is 59.5 Å². The van der Waals surface area contributed by atoms with Gasteiger partial charge in [-0.2, -0.15) is 0 Å². The number of hydrogen-bond acceptors (Lipinski definition) is 4. The van der Waals surface area contributed by atoms with E-state index in [0.717, 1.165) is 13.0 Å². The van der Waals surface area contributed by atoms with E-state index in [1.165, 1.54) is 23.5 Å². The molecule has 0 radical (unpaired) electrons. The van der Waals surface area contributed by atoms with Gasteiger partial charge in [0.2, 0.25) is 0 Å². The predicted octanol–water partition coefficient (Wildman–Crippen LogP) is 2.24. The van der Waals surface area contributed by atoms with Gasteiger partial charge < -0.3 is 10.6 Å². The molecule has 2 N–H and O–H groups in total. The second-order valence-electron chi connectivity index (χ2n) is 5.81. The third-order valence-corrected chi connectivity index (χ3v) is 5.75. The van der Waals surface area contributed by atoms with E-state index in [-0.39, 0.29) is 10.5 Å². The summed E-state index contributed by atoms with van der Waals surface area (Å²) in [4.78, 5) is 12.5. The SMILES string of the molecule is CCCNCCNC(=O)c1ccccc1S(=O)(=O)N(C)c1ccccc1. The zero-order valence-corrected chi connectivity index (χ0v) is 15.9. The van der Waals surface area contributed by atoms with Crippen molar-refractivity contribution in [2.24, 2.45) is 0 Å². The number of anilines is 1. The van der Waals surface area contributed by atoms with E-state index in [4.69, 9.17) is 0 Å². The quantitative estimate of drug-likeness (QED) is 0.659. The first kappa shape index (κ1) is 19.9. The van der Waals surface area contributed by atoms with Gasteiger partial charge in [-0.3, -0.25) is 9.10 Å². The molecule has 7 heteroatoms. The van der Waals surface area contributed by atoms with Crippen LogP contribution in [0.2, 0.25) is 0 Å². The summed E-state index contributed by atoms with van der Waals surface area (Å²) in [7, 11) is -2.37. The van der Waals surface area contributed by atoms with Crippen molar-refractivity contribution < 1.29 is 13.2 Å². The molecule has 0 aliphatic heterocycles. The Labute approximate surface area is 155 Å². The van der Waals surface area contributed by atoms with Crippen molar-refractivity contribution in [3.63, 3.8) is 0 Å². The van der Waals surface area contributed by atoms with Crippen molar-refractivity contribution in [3.8, 4) is 0 Å². The molecule has 0 saturated carbocycles. The number of amides is 1. The van der Waals surface area contributed by atoms with Crippen LogP contribution in [0.4, 0.5) is 5.69 Å². The van der Waals surface area contributed by atoms with Crippen LogP contribution in [-0.4, -0.2) is 41.0 Å². The number of sulfonamides is 1. The Bertz CT molecular complexity index is 823. The molecule has 2 rings (SSSR count). The molecule has 0 aromatic heterocycles. The second-order valence-corrected chi connectivity index (χ2v) is 7.75. The molecule has 0 spiro atoms. The van der Waals surface area contributed by atoms with Crippen molar-refractivity contribution in [2.45, 2.75) is 18.2 Å². The molecule has 0 saturated heterocycles. The average Bonchev–Trinajstić information content (AvgIpc) is 2.67. The normalized spacial score (nSPS) is 11.2. The second kappa shape index (κ2) is 9.35. The first-order chi connectivity index (χ1) is 12.5. The molecule has 2 aromatic carbocycles. The molecular weight excluding hydrogens is 350 g/mol. The Kier molecular flexibility index (Phi) is 7.17. The number of nitrogens with one attached hydrogen (secondary N) is 2. The Hall–Kier alpha value is -2.38. The van der Waals surface area contributed by atoms with Gasteiger partial charge in [0.25, 0.3) is 15.9 Å². The van der Waals surface area contributed by atoms with Crippen molar-refractivity contribution in [2.75, 3.05) is 31.0 Å². The van der Waals surface area contributed by atoms with Gasteiger partial charge in [-0.1, -0.05) is 37.3 Å². The zero-order chi connectivity index (χ0) is 19.0. The summed E-state index contributed by atoms with van der Waals surface area (Å²) in [5.74, 6) is -0.399. The summed E-state index contributed by atoms with van der Waals surface area (Å²) in [5, 5.41) is 5.95. The number of carbonyl (C=O) groups is 1. The molecular formula is C19H25N3O3S. The largest absolute Gasteiger partial charge is 0.351 e. The smallest absolute Gasteiger partial charge is 0.264 e. The van der Waals surface area contributed by atoms with Crippen molar-refractivity contribution in [1.29, 1.82) is 0 Å². The van der Waals surface area contributed by atoms with Crippen molar-refractivity contribution in [1.82, 2.24) is 10.6 Å². The first-order valence-corrected chi connectivity index (χ1v) is 10.0. The summed E-state index contributed by atoms with van der Waals surface area (Å²) in [6, 6.07) is 15.0. The van der Waals surface area contributed by atoms with Crippen LogP contribution in [0.25, 0.3) is 0 Å². The molecule has 0 atom stereocenters. The van der Waals surface area contributed by atoms with Crippen LogP contribution in [0.1, 0.15) is 23.7 Å². The van der Waals surface area contributed by atoms with E-state index < -0.39 is 15.9 Å². The summed E-state index contributed by atoms with van der Waals surface area (Å²) in [6.45, 7) is 4.01. The van der Waals surface area contributed by atoms with Crippen LogP contribution in [0, 0.1) is 0 Å². The first-order valence-electron chi connectivity index (χ1n) is 8.60. The van der Waals surface area contributed by atoms with Gasteiger partial charge >= 0.3 is 0 Å². The maximum Gasteiger partial charge on any atom is 0.264 e. The molecule has 0 heterocycles. The topological polar surface area (TPSA) is 78.5 Å². The van der Waals surface area contributed by atoms with Gasteiger partial charge in [-0.05, 0) is 37.2 Å². The average molecular weight is 375 g/mol. The molecule has 2 aromatic rings. The van der Waals surface area contributed by atoms with Crippen LogP contribution < -0.4 is 14.9 Å². The third kappa shape index (κ3) is 4.83. The van der Waals surface area contributed by atoms with Gasteiger partial charge in [-0.15, -0.1) is 0 Å². The Balaban J connectivity index is 2.21. The van der Waals surface area contributed by atoms with Gasteiger partial charge in [0.05, 0.1) is 11.3 Å². The molecule has 6 nitrogen and oxygen atoms in total. The lowest BCUT2D eigenvalue weighted by molar-refractivity contribution is 0.0950. The summed E-state index contributed by atoms with van der Waals surface area (Å²) in [5.41, 5.74) is 0.678. The van der Waals surface area contributed by atoms with E-state index in [1.54, 1.807) is 36.4 Å². The lowest BCUT2D eigenvalue weighted by atomic mass is 10.2. The fourth-order valence-electron chi connectivity index (χ4n) is 2.46. The lowest BCUT2D eigenvalue weighted by Gasteiger charge is -2.21. The van der Waals surface area contributed by atoms with Crippen LogP contribution in [-0.2, 0) is 10.0 Å². The van der Waals surface area contributed by atoms with Gasteiger partial charge in [-0.25, -0.2) is 8.42 Å². The molecule has 1 amide bonds. The molecule has 0 fully saturated rings. The molecule has 140 valence electrons. The van der Waals surface area contributed by atoms with E-state index in [9.17, 15) is 13.2 Å².